The molecule has 1 rings (SSSR count). The summed E-state index contributed by atoms with van der Waals surface area (Å²) in [6, 6.07) is 5.12. The molecule has 0 unspecified atom stereocenters. The lowest BCUT2D eigenvalue weighted by atomic mass is 10.1. The first-order chi connectivity index (χ1) is 8.90. The Balaban J connectivity index is 2.78. The van der Waals surface area contributed by atoms with Gasteiger partial charge in [0, 0.05) is 18.8 Å². The molecule has 0 radical (unpaired) electrons. The van der Waals surface area contributed by atoms with Crippen molar-refractivity contribution in [2.75, 3.05) is 23.7 Å². The van der Waals surface area contributed by atoms with Crippen molar-refractivity contribution in [1.82, 2.24) is 0 Å². The molecule has 0 amide bonds. The van der Waals surface area contributed by atoms with Crippen LogP contribution in [0.3, 0.4) is 0 Å². The molecule has 2 nitrogen and oxygen atoms in total. The molecule has 0 aliphatic carbocycles. The zero-order valence-corrected chi connectivity index (χ0v) is 12.6. The highest BCUT2D eigenvalue weighted by atomic mass is 19.1. The minimum atomic E-state index is -0.323. The van der Waals surface area contributed by atoms with Crippen LogP contribution in [0.5, 0.6) is 0 Å². The number of hydrogen-bond donors (Lipinski definition) is 1. The van der Waals surface area contributed by atoms with Gasteiger partial charge in [0.1, 0.15) is 5.82 Å². The lowest BCUT2D eigenvalue weighted by Crippen LogP contribution is -2.27. The van der Waals surface area contributed by atoms with E-state index in [2.05, 4.69) is 32.6 Å². The van der Waals surface area contributed by atoms with Crippen LogP contribution in [0.1, 0.15) is 40.5 Å². The molecule has 3 heteroatoms. The molecule has 0 saturated heterocycles. The topological polar surface area (TPSA) is 29.3 Å². The third-order valence-electron chi connectivity index (χ3n) is 3.30. The first-order valence-electron chi connectivity index (χ1n) is 7.20. The van der Waals surface area contributed by atoms with E-state index in [1.165, 1.54) is 0 Å². The summed E-state index contributed by atoms with van der Waals surface area (Å²) >= 11 is 0. The van der Waals surface area contributed by atoms with Crippen molar-refractivity contribution >= 4 is 11.4 Å². The van der Waals surface area contributed by atoms with Gasteiger partial charge in [-0.15, -0.1) is 0 Å². The fraction of sp³-hybridized carbons (Fsp3) is 0.625. The summed E-state index contributed by atoms with van der Waals surface area (Å²) in [7, 11) is 0. The Labute approximate surface area is 116 Å². The van der Waals surface area contributed by atoms with Gasteiger partial charge in [-0.2, -0.15) is 0 Å². The molecule has 0 aliphatic heterocycles. The maximum absolute atomic E-state index is 13.6. The molecule has 0 bridgehead atoms. The number of rotatable bonds is 7. The second kappa shape index (κ2) is 7.37. The zero-order valence-electron chi connectivity index (χ0n) is 12.6. The third-order valence-corrected chi connectivity index (χ3v) is 3.30. The van der Waals surface area contributed by atoms with Crippen LogP contribution in [0.2, 0.25) is 0 Å². The summed E-state index contributed by atoms with van der Waals surface area (Å²) < 4.78 is 13.6. The summed E-state index contributed by atoms with van der Waals surface area (Å²) in [6.45, 7) is 10.8. The second-order valence-electron chi connectivity index (χ2n) is 6.06. The molecule has 0 aliphatic rings. The Bertz CT molecular complexity index is 376. The van der Waals surface area contributed by atoms with Crippen LogP contribution >= 0.6 is 0 Å². The van der Waals surface area contributed by atoms with Gasteiger partial charge in [0.25, 0.3) is 0 Å². The number of anilines is 2. The molecule has 0 fully saturated rings. The van der Waals surface area contributed by atoms with E-state index in [0.29, 0.717) is 11.8 Å². The monoisotopic (exact) mass is 266 g/mol. The second-order valence-corrected chi connectivity index (χ2v) is 6.06. The predicted molar refractivity (Wildman–Crippen MR) is 81.9 cm³/mol. The minimum Gasteiger partial charge on any atom is -0.396 e. The first kappa shape index (κ1) is 15.8. The number of benzene rings is 1. The van der Waals surface area contributed by atoms with Crippen molar-refractivity contribution in [3.8, 4) is 0 Å². The normalized spacial score (nSPS) is 11.3. The van der Waals surface area contributed by atoms with E-state index in [4.69, 9.17) is 5.73 Å². The summed E-state index contributed by atoms with van der Waals surface area (Å²) in [4.78, 5) is 2.27. The van der Waals surface area contributed by atoms with Crippen LogP contribution < -0.4 is 10.6 Å². The highest BCUT2D eigenvalue weighted by Crippen LogP contribution is 2.22. The number of hydrogen-bond acceptors (Lipinski definition) is 2. The molecule has 0 heterocycles. The Kier molecular flexibility index (Phi) is 6.13. The van der Waals surface area contributed by atoms with E-state index in [-0.39, 0.29) is 11.5 Å². The molecule has 1 aromatic rings. The molecule has 0 atom stereocenters. The van der Waals surface area contributed by atoms with Crippen molar-refractivity contribution in [3.63, 3.8) is 0 Å². The van der Waals surface area contributed by atoms with E-state index in [9.17, 15) is 4.39 Å². The Morgan fingerprint density at radius 1 is 1.05 bits per heavy atom. The van der Waals surface area contributed by atoms with Gasteiger partial charge in [-0.1, -0.05) is 27.7 Å². The SMILES string of the molecule is CC(C)CCN(CCC(C)C)c1ccc(N)c(F)c1. The fourth-order valence-corrected chi connectivity index (χ4v) is 1.91. The van der Waals surface area contributed by atoms with E-state index in [0.717, 1.165) is 31.6 Å². The van der Waals surface area contributed by atoms with E-state index >= 15 is 0 Å². The van der Waals surface area contributed by atoms with Gasteiger partial charge in [0.15, 0.2) is 0 Å². The Morgan fingerprint density at radius 2 is 1.58 bits per heavy atom. The van der Waals surface area contributed by atoms with Crippen molar-refractivity contribution in [1.29, 1.82) is 0 Å². The number of nitrogens with zero attached hydrogens (tertiary/aromatic N) is 1. The van der Waals surface area contributed by atoms with Crippen LogP contribution in [-0.2, 0) is 0 Å². The lowest BCUT2D eigenvalue weighted by Gasteiger charge is -2.27. The van der Waals surface area contributed by atoms with Crippen LogP contribution in [-0.4, -0.2) is 13.1 Å². The highest BCUT2D eigenvalue weighted by Gasteiger charge is 2.10. The van der Waals surface area contributed by atoms with Crippen LogP contribution in [0, 0.1) is 17.7 Å². The molecule has 108 valence electrons. The Hall–Kier alpha value is -1.25. The van der Waals surface area contributed by atoms with Crippen molar-refractivity contribution in [2.24, 2.45) is 11.8 Å². The summed E-state index contributed by atoms with van der Waals surface area (Å²) in [5, 5.41) is 0. The van der Waals surface area contributed by atoms with Crippen molar-refractivity contribution in [2.45, 2.75) is 40.5 Å². The van der Waals surface area contributed by atoms with Crippen LogP contribution in [0.15, 0.2) is 18.2 Å². The van der Waals surface area contributed by atoms with Gasteiger partial charge >= 0.3 is 0 Å². The lowest BCUT2D eigenvalue weighted by molar-refractivity contribution is 0.534. The van der Waals surface area contributed by atoms with Gasteiger partial charge in [0.2, 0.25) is 0 Å². The van der Waals surface area contributed by atoms with Gasteiger partial charge in [0.05, 0.1) is 5.69 Å². The minimum absolute atomic E-state index is 0.219. The average Bonchev–Trinajstić information content (AvgIpc) is 2.32. The molecule has 1 aromatic carbocycles. The average molecular weight is 266 g/mol. The standard InChI is InChI=1S/C16H27FN2/c1-12(2)7-9-19(10-8-13(3)4)14-5-6-16(18)15(17)11-14/h5-6,11-13H,7-10,18H2,1-4H3. The number of nitrogens with two attached hydrogens (primary N) is 1. The largest absolute Gasteiger partial charge is 0.396 e. The summed E-state index contributed by atoms with van der Waals surface area (Å²) in [5.74, 6) is 0.983. The third kappa shape index (κ3) is 5.50. The molecule has 19 heavy (non-hydrogen) atoms. The quantitative estimate of drug-likeness (QED) is 0.745. The molecule has 0 aromatic heterocycles. The van der Waals surface area contributed by atoms with E-state index in [1.54, 1.807) is 12.1 Å². The maximum atomic E-state index is 13.6. The molecular weight excluding hydrogens is 239 g/mol. The van der Waals surface area contributed by atoms with Gasteiger partial charge < -0.3 is 10.6 Å². The van der Waals surface area contributed by atoms with Gasteiger partial charge in [-0.05, 0) is 42.9 Å². The molecule has 2 N–H and O–H groups in total. The smallest absolute Gasteiger partial charge is 0.148 e. The summed E-state index contributed by atoms with van der Waals surface area (Å²) in [5.41, 5.74) is 6.70. The molecular formula is C16H27FN2. The summed E-state index contributed by atoms with van der Waals surface area (Å²) in [6.07, 6.45) is 2.23. The molecule has 0 spiro atoms. The van der Waals surface area contributed by atoms with Crippen LogP contribution in [0.4, 0.5) is 15.8 Å². The predicted octanol–water partition coefficient (Wildman–Crippen LogP) is 4.31. The van der Waals surface area contributed by atoms with Gasteiger partial charge in [-0.25, -0.2) is 4.39 Å². The zero-order chi connectivity index (χ0) is 14.4. The van der Waals surface area contributed by atoms with Crippen molar-refractivity contribution < 1.29 is 4.39 Å². The van der Waals surface area contributed by atoms with Crippen LogP contribution in [0.25, 0.3) is 0 Å². The van der Waals surface area contributed by atoms with Gasteiger partial charge in [-0.3, -0.25) is 0 Å². The maximum Gasteiger partial charge on any atom is 0.148 e. The molecule has 0 saturated carbocycles. The fourth-order valence-electron chi connectivity index (χ4n) is 1.91. The Morgan fingerprint density at radius 3 is 2.00 bits per heavy atom. The highest BCUT2D eigenvalue weighted by molar-refractivity contribution is 5.54. The van der Waals surface area contributed by atoms with Crippen molar-refractivity contribution in [3.05, 3.63) is 24.0 Å². The first-order valence-corrected chi connectivity index (χ1v) is 7.20. The number of nitrogen functional groups attached to an aromatic ring is 1. The number of halogens is 1. The van der Waals surface area contributed by atoms with E-state index < -0.39 is 0 Å². The van der Waals surface area contributed by atoms with E-state index in [1.807, 2.05) is 6.07 Å².